The number of alkyl carbamates (subject to hydrolysis) is 1. The number of nitrogens with one attached hydrogen (secondary N) is 1. The van der Waals surface area contributed by atoms with E-state index >= 15 is 0 Å². The van der Waals surface area contributed by atoms with Gasteiger partial charge in [-0.2, -0.15) is 0 Å². The van der Waals surface area contributed by atoms with E-state index in [2.05, 4.69) is 5.32 Å². The third-order valence-electron chi connectivity index (χ3n) is 2.59. The molecule has 1 N–H and O–H groups in total. The van der Waals surface area contributed by atoms with Crippen LogP contribution in [0.25, 0.3) is 0 Å². The van der Waals surface area contributed by atoms with E-state index in [1.54, 1.807) is 0 Å². The smallest absolute Gasteiger partial charge is 0.407 e. The van der Waals surface area contributed by atoms with Crippen LogP contribution in [0.2, 0.25) is 0 Å². The van der Waals surface area contributed by atoms with Gasteiger partial charge in [0.05, 0.1) is 0 Å². The number of rotatable bonds is 3. The molecule has 0 aliphatic heterocycles. The summed E-state index contributed by atoms with van der Waals surface area (Å²) in [7, 11) is 0. The molecule has 1 amide bonds. The molecular formula is C12H21NO4. The molecule has 1 fully saturated rings. The van der Waals surface area contributed by atoms with Crippen LogP contribution in [0.5, 0.6) is 0 Å². The van der Waals surface area contributed by atoms with Gasteiger partial charge in [0, 0.05) is 12.5 Å². The fourth-order valence-corrected chi connectivity index (χ4v) is 1.95. The SMILES string of the molecule is CC(C)(C)OC(=O)NC1CCCC(OC=O)C1. The second-order valence-electron chi connectivity index (χ2n) is 5.36. The summed E-state index contributed by atoms with van der Waals surface area (Å²) in [4.78, 5) is 21.8. The van der Waals surface area contributed by atoms with Crippen LogP contribution in [0.1, 0.15) is 46.5 Å². The van der Waals surface area contributed by atoms with Gasteiger partial charge < -0.3 is 14.8 Å². The first kappa shape index (κ1) is 13.8. The summed E-state index contributed by atoms with van der Waals surface area (Å²) in [6, 6.07) is 0.0311. The maximum absolute atomic E-state index is 11.5. The molecule has 2 unspecified atom stereocenters. The Kier molecular flexibility index (Phi) is 4.78. The van der Waals surface area contributed by atoms with E-state index in [1.807, 2.05) is 20.8 Å². The van der Waals surface area contributed by atoms with Gasteiger partial charge in [0.25, 0.3) is 6.47 Å². The lowest BCUT2D eigenvalue weighted by atomic mass is 9.93. The van der Waals surface area contributed by atoms with Crippen molar-refractivity contribution in [3.05, 3.63) is 0 Å². The van der Waals surface area contributed by atoms with Crippen LogP contribution in [0.4, 0.5) is 4.79 Å². The molecule has 0 saturated heterocycles. The highest BCUT2D eigenvalue weighted by atomic mass is 16.6. The Hall–Kier alpha value is -1.26. The van der Waals surface area contributed by atoms with E-state index in [0.717, 1.165) is 19.3 Å². The van der Waals surface area contributed by atoms with Gasteiger partial charge in [0.2, 0.25) is 0 Å². The molecule has 1 aliphatic carbocycles. The summed E-state index contributed by atoms with van der Waals surface area (Å²) in [6.45, 7) is 5.95. The zero-order chi connectivity index (χ0) is 12.9. The predicted molar refractivity (Wildman–Crippen MR) is 62.6 cm³/mol. The van der Waals surface area contributed by atoms with Crippen LogP contribution in [0.3, 0.4) is 0 Å². The zero-order valence-electron chi connectivity index (χ0n) is 10.7. The fourth-order valence-electron chi connectivity index (χ4n) is 1.95. The first-order chi connectivity index (χ1) is 7.90. The molecule has 98 valence electrons. The van der Waals surface area contributed by atoms with E-state index < -0.39 is 11.7 Å². The van der Waals surface area contributed by atoms with E-state index in [1.165, 1.54) is 0 Å². The third-order valence-corrected chi connectivity index (χ3v) is 2.59. The van der Waals surface area contributed by atoms with Crippen molar-refractivity contribution in [1.82, 2.24) is 5.32 Å². The number of carbonyl (C=O) groups is 2. The lowest BCUT2D eigenvalue weighted by Crippen LogP contribution is -2.42. The topological polar surface area (TPSA) is 64.6 Å². The number of carbonyl (C=O) groups excluding carboxylic acids is 2. The Morgan fingerprint density at radius 2 is 2.06 bits per heavy atom. The minimum Gasteiger partial charge on any atom is -0.465 e. The summed E-state index contributed by atoms with van der Waals surface area (Å²) >= 11 is 0. The highest BCUT2D eigenvalue weighted by Gasteiger charge is 2.26. The maximum atomic E-state index is 11.5. The molecule has 1 saturated carbocycles. The highest BCUT2D eigenvalue weighted by molar-refractivity contribution is 5.68. The fraction of sp³-hybridized carbons (Fsp3) is 0.833. The Balaban J connectivity index is 2.35. The van der Waals surface area contributed by atoms with Gasteiger partial charge in [-0.15, -0.1) is 0 Å². The van der Waals surface area contributed by atoms with Crippen molar-refractivity contribution >= 4 is 12.6 Å². The average Bonchev–Trinajstić information content (AvgIpc) is 2.15. The number of amides is 1. The molecule has 0 aromatic rings. The van der Waals surface area contributed by atoms with Crippen LogP contribution in [0.15, 0.2) is 0 Å². The number of hydrogen-bond acceptors (Lipinski definition) is 4. The summed E-state index contributed by atoms with van der Waals surface area (Å²) < 4.78 is 10.1. The molecule has 5 nitrogen and oxygen atoms in total. The molecule has 0 heterocycles. The Labute approximate surface area is 102 Å². The van der Waals surface area contributed by atoms with Crippen LogP contribution < -0.4 is 5.32 Å². The molecule has 0 aromatic carbocycles. The molecule has 1 rings (SSSR count). The first-order valence-corrected chi connectivity index (χ1v) is 5.99. The van der Waals surface area contributed by atoms with Gasteiger partial charge in [0.1, 0.15) is 11.7 Å². The van der Waals surface area contributed by atoms with Crippen molar-refractivity contribution in [2.45, 2.75) is 64.2 Å². The quantitative estimate of drug-likeness (QED) is 0.770. The standard InChI is InChI=1S/C12H21NO4/c1-12(2,3)17-11(15)13-9-5-4-6-10(7-9)16-8-14/h8-10H,4-7H2,1-3H3,(H,13,15). The largest absolute Gasteiger partial charge is 0.465 e. The monoisotopic (exact) mass is 243 g/mol. The summed E-state index contributed by atoms with van der Waals surface area (Å²) in [5.74, 6) is 0. The van der Waals surface area contributed by atoms with Crippen molar-refractivity contribution in [3.8, 4) is 0 Å². The zero-order valence-corrected chi connectivity index (χ0v) is 10.7. The van der Waals surface area contributed by atoms with Gasteiger partial charge in [-0.05, 0) is 40.0 Å². The van der Waals surface area contributed by atoms with E-state index in [-0.39, 0.29) is 12.1 Å². The molecule has 2 atom stereocenters. The summed E-state index contributed by atoms with van der Waals surface area (Å²) in [6.07, 6.45) is 2.88. The first-order valence-electron chi connectivity index (χ1n) is 5.99. The second kappa shape index (κ2) is 5.89. The van der Waals surface area contributed by atoms with Crippen molar-refractivity contribution in [2.75, 3.05) is 0 Å². The second-order valence-corrected chi connectivity index (χ2v) is 5.36. The normalized spacial score (nSPS) is 24.9. The third kappa shape index (κ3) is 5.56. The van der Waals surface area contributed by atoms with E-state index in [4.69, 9.17) is 9.47 Å². The van der Waals surface area contributed by atoms with Crippen LogP contribution in [-0.4, -0.2) is 30.3 Å². The van der Waals surface area contributed by atoms with Crippen molar-refractivity contribution < 1.29 is 19.1 Å². The molecule has 0 spiro atoms. The molecule has 1 aliphatic rings. The molecule has 0 radical (unpaired) electrons. The summed E-state index contributed by atoms with van der Waals surface area (Å²) in [5.41, 5.74) is -0.489. The lowest BCUT2D eigenvalue weighted by Gasteiger charge is -2.29. The molecule has 0 bridgehead atoms. The van der Waals surface area contributed by atoms with Crippen LogP contribution >= 0.6 is 0 Å². The van der Waals surface area contributed by atoms with E-state index in [9.17, 15) is 9.59 Å². The van der Waals surface area contributed by atoms with Crippen LogP contribution in [0, 0.1) is 0 Å². The number of hydrogen-bond donors (Lipinski definition) is 1. The minimum absolute atomic E-state index is 0.0311. The van der Waals surface area contributed by atoms with Crippen LogP contribution in [-0.2, 0) is 14.3 Å². The predicted octanol–water partition coefficient (Wildman–Crippen LogP) is 2.00. The highest BCUT2D eigenvalue weighted by Crippen LogP contribution is 2.21. The molecule has 5 heteroatoms. The molecule has 17 heavy (non-hydrogen) atoms. The van der Waals surface area contributed by atoms with Crippen molar-refractivity contribution in [2.24, 2.45) is 0 Å². The van der Waals surface area contributed by atoms with Gasteiger partial charge in [-0.1, -0.05) is 0 Å². The average molecular weight is 243 g/mol. The number of ether oxygens (including phenoxy) is 2. The summed E-state index contributed by atoms with van der Waals surface area (Å²) in [5, 5.41) is 2.81. The Morgan fingerprint density at radius 1 is 1.35 bits per heavy atom. The van der Waals surface area contributed by atoms with Crippen molar-refractivity contribution in [1.29, 1.82) is 0 Å². The Bertz CT molecular complexity index is 272. The van der Waals surface area contributed by atoms with E-state index in [0.29, 0.717) is 12.9 Å². The van der Waals surface area contributed by atoms with Crippen molar-refractivity contribution in [3.63, 3.8) is 0 Å². The van der Waals surface area contributed by atoms with Gasteiger partial charge in [-0.25, -0.2) is 4.79 Å². The van der Waals surface area contributed by atoms with Gasteiger partial charge >= 0.3 is 6.09 Å². The minimum atomic E-state index is -0.489. The molecule has 0 aromatic heterocycles. The molecular weight excluding hydrogens is 222 g/mol. The maximum Gasteiger partial charge on any atom is 0.407 e. The van der Waals surface area contributed by atoms with Gasteiger partial charge in [0.15, 0.2) is 0 Å². The Morgan fingerprint density at radius 3 is 2.65 bits per heavy atom. The van der Waals surface area contributed by atoms with Gasteiger partial charge in [-0.3, -0.25) is 4.79 Å². The lowest BCUT2D eigenvalue weighted by molar-refractivity contribution is -0.135.